The minimum Gasteiger partial charge on any atom is -0.348 e. The van der Waals surface area contributed by atoms with Crippen LogP contribution in [0.15, 0.2) is 12.4 Å². The van der Waals surface area contributed by atoms with Crippen LogP contribution in [0.5, 0.6) is 0 Å². The zero-order chi connectivity index (χ0) is 9.10. The zero-order valence-electron chi connectivity index (χ0n) is 8.29. The van der Waals surface area contributed by atoms with Crippen molar-refractivity contribution in [3.8, 4) is 0 Å². The third kappa shape index (κ3) is 1.93. The standard InChI is InChI=1S/C11H18N2/c1-9(11-12-7-8-13-11)10-5-3-2-4-6-10/h7-10H,2-6H2,1H3,(H,12,13). The number of hydrogen-bond acceptors (Lipinski definition) is 1. The molecule has 1 aromatic heterocycles. The van der Waals surface area contributed by atoms with E-state index in [4.69, 9.17) is 0 Å². The normalized spacial score (nSPS) is 21.6. The van der Waals surface area contributed by atoms with Gasteiger partial charge in [0.05, 0.1) is 0 Å². The molecule has 2 rings (SSSR count). The molecular formula is C11H18N2. The van der Waals surface area contributed by atoms with Gasteiger partial charge in [0.1, 0.15) is 5.82 Å². The summed E-state index contributed by atoms with van der Waals surface area (Å²) >= 11 is 0. The molecule has 13 heavy (non-hydrogen) atoms. The summed E-state index contributed by atoms with van der Waals surface area (Å²) in [6.07, 6.45) is 10.8. The quantitative estimate of drug-likeness (QED) is 0.740. The van der Waals surface area contributed by atoms with E-state index >= 15 is 0 Å². The summed E-state index contributed by atoms with van der Waals surface area (Å²) in [6, 6.07) is 0. The average Bonchev–Trinajstić information content (AvgIpc) is 2.71. The molecule has 0 radical (unpaired) electrons. The molecule has 1 N–H and O–H groups in total. The van der Waals surface area contributed by atoms with Crippen LogP contribution >= 0.6 is 0 Å². The van der Waals surface area contributed by atoms with Crippen LogP contribution in [0.3, 0.4) is 0 Å². The van der Waals surface area contributed by atoms with Gasteiger partial charge in [0, 0.05) is 18.3 Å². The average molecular weight is 178 g/mol. The van der Waals surface area contributed by atoms with E-state index < -0.39 is 0 Å². The summed E-state index contributed by atoms with van der Waals surface area (Å²) in [6.45, 7) is 2.30. The topological polar surface area (TPSA) is 28.7 Å². The number of imidazole rings is 1. The highest BCUT2D eigenvalue weighted by atomic mass is 14.9. The van der Waals surface area contributed by atoms with Crippen molar-refractivity contribution < 1.29 is 0 Å². The van der Waals surface area contributed by atoms with Crippen molar-refractivity contribution in [2.24, 2.45) is 5.92 Å². The third-order valence-electron chi connectivity index (χ3n) is 3.31. The fraction of sp³-hybridized carbons (Fsp3) is 0.727. The lowest BCUT2D eigenvalue weighted by Gasteiger charge is -2.26. The van der Waals surface area contributed by atoms with Crippen molar-refractivity contribution in [2.45, 2.75) is 44.9 Å². The third-order valence-corrected chi connectivity index (χ3v) is 3.31. The van der Waals surface area contributed by atoms with Crippen LogP contribution in [0.1, 0.15) is 50.8 Å². The lowest BCUT2D eigenvalue weighted by Crippen LogP contribution is -2.14. The lowest BCUT2D eigenvalue weighted by atomic mass is 9.80. The Morgan fingerprint density at radius 3 is 2.77 bits per heavy atom. The Balaban J connectivity index is 1.99. The maximum absolute atomic E-state index is 4.34. The van der Waals surface area contributed by atoms with Crippen LogP contribution in [0, 0.1) is 5.92 Å². The molecule has 2 nitrogen and oxygen atoms in total. The van der Waals surface area contributed by atoms with E-state index in [2.05, 4.69) is 16.9 Å². The molecule has 1 heterocycles. The Hall–Kier alpha value is -0.790. The van der Waals surface area contributed by atoms with Gasteiger partial charge in [-0.2, -0.15) is 0 Å². The molecule has 1 fully saturated rings. The zero-order valence-corrected chi connectivity index (χ0v) is 8.29. The van der Waals surface area contributed by atoms with Crippen molar-refractivity contribution in [3.63, 3.8) is 0 Å². The molecule has 1 aliphatic carbocycles. The predicted molar refractivity (Wildman–Crippen MR) is 53.6 cm³/mol. The lowest BCUT2D eigenvalue weighted by molar-refractivity contribution is 0.310. The molecule has 0 aromatic carbocycles. The summed E-state index contributed by atoms with van der Waals surface area (Å²) in [4.78, 5) is 7.56. The van der Waals surface area contributed by atoms with Gasteiger partial charge in [-0.1, -0.05) is 26.2 Å². The van der Waals surface area contributed by atoms with Crippen LogP contribution < -0.4 is 0 Å². The van der Waals surface area contributed by atoms with E-state index in [1.807, 2.05) is 12.4 Å². The van der Waals surface area contributed by atoms with E-state index in [9.17, 15) is 0 Å². The first-order chi connectivity index (χ1) is 6.38. The van der Waals surface area contributed by atoms with Gasteiger partial charge in [0.25, 0.3) is 0 Å². The molecule has 1 aromatic rings. The highest BCUT2D eigenvalue weighted by Crippen LogP contribution is 2.34. The SMILES string of the molecule is CC(c1ncc[nH]1)C1CCCCC1. The van der Waals surface area contributed by atoms with E-state index in [1.165, 1.54) is 37.9 Å². The molecule has 2 heteroatoms. The van der Waals surface area contributed by atoms with Crippen LogP contribution in [-0.2, 0) is 0 Å². The first kappa shape index (κ1) is 8.79. The van der Waals surface area contributed by atoms with E-state index in [0.29, 0.717) is 5.92 Å². The number of hydrogen-bond donors (Lipinski definition) is 1. The summed E-state index contributed by atoms with van der Waals surface area (Å²) in [5, 5.41) is 0. The van der Waals surface area contributed by atoms with Gasteiger partial charge >= 0.3 is 0 Å². The minimum atomic E-state index is 0.621. The number of aromatic nitrogens is 2. The molecule has 1 aliphatic rings. The maximum atomic E-state index is 4.34. The molecular weight excluding hydrogens is 160 g/mol. The second-order valence-electron chi connectivity index (χ2n) is 4.16. The van der Waals surface area contributed by atoms with Gasteiger partial charge < -0.3 is 4.98 Å². The van der Waals surface area contributed by atoms with E-state index in [1.54, 1.807) is 0 Å². The highest BCUT2D eigenvalue weighted by molar-refractivity contribution is 4.98. The maximum Gasteiger partial charge on any atom is 0.109 e. The molecule has 0 saturated heterocycles. The fourth-order valence-corrected chi connectivity index (χ4v) is 2.38. The number of nitrogens with one attached hydrogen (secondary N) is 1. The van der Waals surface area contributed by atoms with Gasteiger partial charge in [-0.3, -0.25) is 0 Å². The fourth-order valence-electron chi connectivity index (χ4n) is 2.38. The van der Waals surface area contributed by atoms with Crippen molar-refractivity contribution >= 4 is 0 Å². The van der Waals surface area contributed by atoms with Gasteiger partial charge in [-0.25, -0.2) is 4.98 Å². The van der Waals surface area contributed by atoms with Gasteiger partial charge in [0.15, 0.2) is 0 Å². The summed E-state index contributed by atoms with van der Waals surface area (Å²) in [5.74, 6) is 2.65. The first-order valence-electron chi connectivity index (χ1n) is 5.37. The summed E-state index contributed by atoms with van der Waals surface area (Å²) in [5.41, 5.74) is 0. The van der Waals surface area contributed by atoms with Crippen LogP contribution in [0.4, 0.5) is 0 Å². The van der Waals surface area contributed by atoms with Crippen molar-refractivity contribution in [1.29, 1.82) is 0 Å². The number of rotatable bonds is 2. The molecule has 1 atom stereocenters. The smallest absolute Gasteiger partial charge is 0.109 e. The van der Waals surface area contributed by atoms with Crippen LogP contribution in [0.2, 0.25) is 0 Å². The molecule has 72 valence electrons. The summed E-state index contributed by atoms with van der Waals surface area (Å²) in [7, 11) is 0. The molecule has 1 saturated carbocycles. The molecule has 0 bridgehead atoms. The summed E-state index contributed by atoms with van der Waals surface area (Å²) < 4.78 is 0. The Kier molecular flexibility index (Phi) is 2.67. The molecule has 0 aliphatic heterocycles. The van der Waals surface area contributed by atoms with E-state index in [0.717, 1.165) is 5.92 Å². The molecule has 1 unspecified atom stereocenters. The second-order valence-corrected chi connectivity index (χ2v) is 4.16. The van der Waals surface area contributed by atoms with Gasteiger partial charge in [0.2, 0.25) is 0 Å². The largest absolute Gasteiger partial charge is 0.348 e. The number of nitrogens with zero attached hydrogens (tertiary/aromatic N) is 1. The van der Waals surface area contributed by atoms with Crippen molar-refractivity contribution in [3.05, 3.63) is 18.2 Å². The molecule has 0 amide bonds. The second kappa shape index (κ2) is 3.95. The Morgan fingerprint density at radius 2 is 2.15 bits per heavy atom. The predicted octanol–water partition coefficient (Wildman–Crippen LogP) is 3.09. The number of aromatic amines is 1. The van der Waals surface area contributed by atoms with Gasteiger partial charge in [-0.15, -0.1) is 0 Å². The van der Waals surface area contributed by atoms with Gasteiger partial charge in [-0.05, 0) is 18.8 Å². The van der Waals surface area contributed by atoms with Crippen LogP contribution in [0.25, 0.3) is 0 Å². The Morgan fingerprint density at radius 1 is 1.38 bits per heavy atom. The molecule has 0 spiro atoms. The van der Waals surface area contributed by atoms with Crippen molar-refractivity contribution in [2.75, 3.05) is 0 Å². The first-order valence-corrected chi connectivity index (χ1v) is 5.37. The monoisotopic (exact) mass is 178 g/mol. The van der Waals surface area contributed by atoms with Crippen LogP contribution in [-0.4, -0.2) is 9.97 Å². The minimum absolute atomic E-state index is 0.621. The highest BCUT2D eigenvalue weighted by Gasteiger charge is 2.22. The Bertz CT molecular complexity index is 235. The number of H-pyrrole nitrogens is 1. The van der Waals surface area contributed by atoms with Crippen molar-refractivity contribution in [1.82, 2.24) is 9.97 Å². The Labute approximate surface area is 79.8 Å². The van der Waals surface area contributed by atoms with E-state index in [-0.39, 0.29) is 0 Å².